The van der Waals surface area contributed by atoms with Crippen molar-refractivity contribution in [2.75, 3.05) is 0 Å². The maximum atomic E-state index is 6.25. The molecule has 0 aliphatic heterocycles. The van der Waals surface area contributed by atoms with Crippen molar-refractivity contribution in [1.82, 2.24) is 5.32 Å². The fraction of sp³-hybridized carbons (Fsp3) is 0.333. The van der Waals surface area contributed by atoms with Crippen molar-refractivity contribution in [3.63, 3.8) is 0 Å². The smallest absolute Gasteiger partial charge is 0.0440 e. The van der Waals surface area contributed by atoms with E-state index < -0.39 is 0 Å². The zero-order valence-electron chi connectivity index (χ0n) is 11.8. The monoisotopic (exact) mass is 285 g/mol. The fourth-order valence-electron chi connectivity index (χ4n) is 2.91. The van der Waals surface area contributed by atoms with Gasteiger partial charge in [0.15, 0.2) is 0 Å². The lowest BCUT2D eigenvalue weighted by Gasteiger charge is -2.37. The lowest BCUT2D eigenvalue weighted by atomic mass is 9.76. The van der Waals surface area contributed by atoms with Crippen molar-refractivity contribution in [2.24, 2.45) is 0 Å². The summed E-state index contributed by atoms with van der Waals surface area (Å²) in [5.74, 6) is 0.623. The minimum Gasteiger partial charge on any atom is -0.310 e. The van der Waals surface area contributed by atoms with E-state index in [1.807, 2.05) is 12.1 Å². The summed E-state index contributed by atoms with van der Waals surface area (Å²) in [6.07, 6.45) is 2.38. The second-order valence-electron chi connectivity index (χ2n) is 5.69. The van der Waals surface area contributed by atoms with Crippen molar-refractivity contribution < 1.29 is 0 Å². The van der Waals surface area contributed by atoms with Gasteiger partial charge in [0.25, 0.3) is 0 Å². The Morgan fingerprint density at radius 1 is 1.05 bits per heavy atom. The van der Waals surface area contributed by atoms with Crippen LogP contribution in [0.1, 0.15) is 35.4 Å². The molecule has 1 fully saturated rings. The van der Waals surface area contributed by atoms with Gasteiger partial charge in [-0.1, -0.05) is 54.1 Å². The summed E-state index contributed by atoms with van der Waals surface area (Å²) in [4.78, 5) is 0. The highest BCUT2D eigenvalue weighted by molar-refractivity contribution is 6.31. The molecule has 1 N–H and O–H groups in total. The van der Waals surface area contributed by atoms with Crippen LogP contribution >= 0.6 is 11.6 Å². The van der Waals surface area contributed by atoms with Crippen molar-refractivity contribution in [2.45, 2.75) is 38.3 Å². The van der Waals surface area contributed by atoms with Crippen molar-refractivity contribution in [1.29, 1.82) is 0 Å². The molecule has 2 aromatic carbocycles. The quantitative estimate of drug-likeness (QED) is 0.860. The first-order valence-corrected chi connectivity index (χ1v) is 7.64. The number of benzene rings is 2. The number of halogens is 1. The molecule has 0 atom stereocenters. The van der Waals surface area contributed by atoms with Crippen LogP contribution in [-0.4, -0.2) is 6.04 Å². The Morgan fingerprint density at radius 3 is 2.50 bits per heavy atom. The van der Waals surface area contributed by atoms with E-state index in [4.69, 9.17) is 11.6 Å². The van der Waals surface area contributed by atoms with Crippen LogP contribution in [0, 0.1) is 6.92 Å². The Hall–Kier alpha value is -1.31. The van der Waals surface area contributed by atoms with E-state index in [2.05, 4.69) is 48.6 Å². The van der Waals surface area contributed by atoms with Gasteiger partial charge in [-0.25, -0.2) is 0 Å². The van der Waals surface area contributed by atoms with Crippen LogP contribution < -0.4 is 5.32 Å². The number of hydrogen-bond acceptors (Lipinski definition) is 1. The maximum Gasteiger partial charge on any atom is 0.0440 e. The van der Waals surface area contributed by atoms with Crippen LogP contribution in [0.25, 0.3) is 0 Å². The molecule has 0 heterocycles. The minimum atomic E-state index is 0.621. The second-order valence-corrected chi connectivity index (χ2v) is 6.10. The lowest BCUT2D eigenvalue weighted by molar-refractivity contribution is 0.289. The van der Waals surface area contributed by atoms with Gasteiger partial charge in [0.1, 0.15) is 0 Å². The number of rotatable bonds is 4. The Balaban J connectivity index is 1.52. The zero-order chi connectivity index (χ0) is 13.9. The summed E-state index contributed by atoms with van der Waals surface area (Å²) in [6.45, 7) is 3.14. The summed E-state index contributed by atoms with van der Waals surface area (Å²) in [7, 11) is 0. The molecule has 1 aliphatic rings. The molecule has 0 amide bonds. The van der Waals surface area contributed by atoms with Gasteiger partial charge in [-0.2, -0.15) is 0 Å². The first-order valence-electron chi connectivity index (χ1n) is 7.26. The molecule has 0 bridgehead atoms. The second kappa shape index (κ2) is 5.99. The number of hydrogen-bond donors (Lipinski definition) is 1. The van der Waals surface area contributed by atoms with Crippen molar-refractivity contribution in [3.8, 4) is 0 Å². The maximum absolute atomic E-state index is 6.25. The summed E-state index contributed by atoms with van der Waals surface area (Å²) < 4.78 is 0. The third-order valence-corrected chi connectivity index (χ3v) is 4.67. The van der Waals surface area contributed by atoms with Gasteiger partial charge < -0.3 is 5.32 Å². The van der Waals surface area contributed by atoms with E-state index in [1.165, 1.54) is 29.5 Å². The molecule has 2 heteroatoms. The van der Waals surface area contributed by atoms with Crippen LogP contribution in [-0.2, 0) is 6.54 Å². The van der Waals surface area contributed by atoms with Crippen LogP contribution in [0.2, 0.25) is 5.02 Å². The highest BCUT2D eigenvalue weighted by Gasteiger charge is 2.30. The molecule has 3 rings (SSSR count). The van der Waals surface area contributed by atoms with E-state index >= 15 is 0 Å². The molecule has 0 unspecified atom stereocenters. The van der Waals surface area contributed by atoms with Gasteiger partial charge in [-0.3, -0.25) is 0 Å². The normalized spacial score (nSPS) is 21.5. The van der Waals surface area contributed by atoms with E-state index in [0.717, 1.165) is 11.6 Å². The topological polar surface area (TPSA) is 12.0 Å². The highest BCUT2D eigenvalue weighted by Crippen LogP contribution is 2.39. The van der Waals surface area contributed by atoms with E-state index in [0.29, 0.717) is 12.0 Å². The molecular formula is C18H20ClN. The molecule has 104 valence electrons. The zero-order valence-corrected chi connectivity index (χ0v) is 12.5. The van der Waals surface area contributed by atoms with E-state index in [-0.39, 0.29) is 0 Å². The Bertz CT molecular complexity index is 585. The molecule has 0 saturated heterocycles. The summed E-state index contributed by atoms with van der Waals surface area (Å²) in [5.41, 5.74) is 4.07. The summed E-state index contributed by atoms with van der Waals surface area (Å²) in [5, 5.41) is 4.56. The molecular weight excluding hydrogens is 266 g/mol. The molecule has 1 aliphatic carbocycles. The minimum absolute atomic E-state index is 0.621. The van der Waals surface area contributed by atoms with Gasteiger partial charge in [-0.05, 0) is 48.4 Å². The first kappa shape index (κ1) is 13.7. The van der Waals surface area contributed by atoms with Gasteiger partial charge in [0.05, 0.1) is 0 Å². The number of aryl methyl sites for hydroxylation is 1. The third kappa shape index (κ3) is 2.89. The number of nitrogens with one attached hydrogen (secondary N) is 1. The predicted octanol–water partition coefficient (Wildman–Crippen LogP) is 4.68. The molecule has 20 heavy (non-hydrogen) atoms. The van der Waals surface area contributed by atoms with Crippen LogP contribution in [0.3, 0.4) is 0 Å². The molecule has 0 aromatic heterocycles. The predicted molar refractivity (Wildman–Crippen MR) is 85.2 cm³/mol. The Labute approximate surface area is 126 Å². The van der Waals surface area contributed by atoms with Crippen molar-refractivity contribution in [3.05, 3.63) is 70.2 Å². The molecule has 1 saturated carbocycles. The lowest BCUT2D eigenvalue weighted by Crippen LogP contribution is -2.39. The van der Waals surface area contributed by atoms with E-state index in [1.54, 1.807) is 0 Å². The molecule has 0 spiro atoms. The fourth-order valence-corrected chi connectivity index (χ4v) is 3.20. The Kier molecular flexibility index (Phi) is 4.09. The average molecular weight is 286 g/mol. The van der Waals surface area contributed by atoms with Gasteiger partial charge in [-0.15, -0.1) is 0 Å². The van der Waals surface area contributed by atoms with Gasteiger partial charge in [0, 0.05) is 17.6 Å². The van der Waals surface area contributed by atoms with Gasteiger partial charge in [0.2, 0.25) is 0 Å². The van der Waals surface area contributed by atoms with Crippen LogP contribution in [0.5, 0.6) is 0 Å². The highest BCUT2D eigenvalue weighted by atomic mass is 35.5. The average Bonchev–Trinajstić information content (AvgIpc) is 2.41. The largest absolute Gasteiger partial charge is 0.310 e. The standard InChI is InChI=1S/C18H20ClN/c1-13-6-2-3-7-14(13)12-20-16-10-15(11-16)17-8-4-5-9-18(17)19/h2-9,15-16,20H,10-12H2,1H3. The van der Waals surface area contributed by atoms with E-state index in [9.17, 15) is 0 Å². The molecule has 1 nitrogen and oxygen atoms in total. The first-order chi connectivity index (χ1) is 9.74. The molecule has 0 radical (unpaired) electrons. The van der Waals surface area contributed by atoms with Crippen molar-refractivity contribution >= 4 is 11.6 Å². The SMILES string of the molecule is Cc1ccccc1CNC1CC(c2ccccc2Cl)C1. The summed E-state index contributed by atoms with van der Waals surface area (Å²) in [6, 6.07) is 17.4. The van der Waals surface area contributed by atoms with Gasteiger partial charge >= 0.3 is 0 Å². The third-order valence-electron chi connectivity index (χ3n) is 4.33. The Morgan fingerprint density at radius 2 is 1.75 bits per heavy atom. The van der Waals surface area contributed by atoms with Crippen LogP contribution in [0.15, 0.2) is 48.5 Å². The molecule has 2 aromatic rings. The van der Waals surface area contributed by atoms with Crippen LogP contribution in [0.4, 0.5) is 0 Å². The summed E-state index contributed by atoms with van der Waals surface area (Å²) >= 11 is 6.25.